The molecule has 1 aliphatic heterocycles. The van der Waals surface area contributed by atoms with Crippen LogP contribution in [0.15, 0.2) is 60.7 Å². The van der Waals surface area contributed by atoms with E-state index in [1.807, 2.05) is 65.6 Å². The van der Waals surface area contributed by atoms with Gasteiger partial charge in [0.15, 0.2) is 5.82 Å². The van der Waals surface area contributed by atoms with Gasteiger partial charge in [-0.15, -0.1) is 5.10 Å². The van der Waals surface area contributed by atoms with E-state index in [9.17, 15) is 4.79 Å². The Morgan fingerprint density at radius 2 is 1.78 bits per heavy atom. The van der Waals surface area contributed by atoms with Gasteiger partial charge in [0.25, 0.3) is 5.91 Å². The zero-order chi connectivity index (χ0) is 18.9. The van der Waals surface area contributed by atoms with Crippen LogP contribution in [0.5, 0.6) is 0 Å². The topological polar surface area (TPSA) is 77.0 Å². The molecule has 0 bridgehead atoms. The SMILES string of the molecule is CC1(CN)CCN(C(=O)c2nc(-c3ccccc3)n(-c3ccccc3)n2)C1. The van der Waals surface area contributed by atoms with Crippen LogP contribution in [0.4, 0.5) is 0 Å². The van der Waals surface area contributed by atoms with Crippen molar-refractivity contribution in [3.05, 3.63) is 66.5 Å². The fraction of sp³-hybridized carbons (Fsp3) is 0.286. The van der Waals surface area contributed by atoms with E-state index >= 15 is 0 Å². The zero-order valence-electron chi connectivity index (χ0n) is 15.4. The molecule has 0 saturated carbocycles. The first-order chi connectivity index (χ1) is 13.1. The lowest BCUT2D eigenvalue weighted by Gasteiger charge is -2.21. The van der Waals surface area contributed by atoms with Crippen molar-refractivity contribution < 1.29 is 4.79 Å². The maximum atomic E-state index is 13.0. The molecular weight excluding hydrogens is 338 g/mol. The van der Waals surface area contributed by atoms with Crippen LogP contribution in [0, 0.1) is 5.41 Å². The molecule has 138 valence electrons. The first-order valence-electron chi connectivity index (χ1n) is 9.17. The molecule has 2 heterocycles. The fourth-order valence-electron chi connectivity index (χ4n) is 3.43. The Hall–Kier alpha value is -2.99. The molecular formula is C21H23N5O. The maximum absolute atomic E-state index is 13.0. The van der Waals surface area contributed by atoms with Crippen LogP contribution in [0.25, 0.3) is 17.1 Å². The third kappa shape index (κ3) is 3.36. The molecule has 0 radical (unpaired) electrons. The molecule has 4 rings (SSSR count). The van der Waals surface area contributed by atoms with Gasteiger partial charge in [0.2, 0.25) is 5.82 Å². The fourth-order valence-corrected chi connectivity index (χ4v) is 3.43. The Balaban J connectivity index is 1.73. The van der Waals surface area contributed by atoms with Crippen molar-refractivity contribution in [3.8, 4) is 17.1 Å². The van der Waals surface area contributed by atoms with Crippen molar-refractivity contribution in [1.29, 1.82) is 0 Å². The Bertz CT molecular complexity index is 881. The number of hydrogen-bond donors (Lipinski definition) is 1. The smallest absolute Gasteiger partial charge is 0.293 e. The lowest BCUT2D eigenvalue weighted by Crippen LogP contribution is -2.35. The van der Waals surface area contributed by atoms with E-state index in [1.54, 1.807) is 4.68 Å². The molecule has 1 amide bonds. The van der Waals surface area contributed by atoms with Crippen molar-refractivity contribution in [1.82, 2.24) is 19.7 Å². The molecule has 2 N–H and O–H groups in total. The molecule has 1 aliphatic rings. The standard InChI is InChI=1S/C21H23N5O/c1-21(14-22)12-13-25(15-21)20(27)18-23-19(16-8-4-2-5-9-16)26(24-18)17-10-6-3-7-11-17/h2-11H,12-15,22H2,1H3. The largest absolute Gasteiger partial charge is 0.335 e. The van der Waals surface area contributed by atoms with Crippen LogP contribution < -0.4 is 5.73 Å². The van der Waals surface area contributed by atoms with Gasteiger partial charge >= 0.3 is 0 Å². The van der Waals surface area contributed by atoms with Crippen LogP contribution in [0.2, 0.25) is 0 Å². The van der Waals surface area contributed by atoms with E-state index in [1.165, 1.54) is 0 Å². The molecule has 1 aromatic heterocycles. The number of para-hydroxylation sites is 1. The minimum absolute atomic E-state index is 0.0279. The van der Waals surface area contributed by atoms with Crippen LogP contribution >= 0.6 is 0 Å². The van der Waals surface area contributed by atoms with Crippen molar-refractivity contribution in [2.24, 2.45) is 11.1 Å². The summed E-state index contributed by atoms with van der Waals surface area (Å²) in [6.07, 6.45) is 0.903. The number of carbonyl (C=O) groups excluding carboxylic acids is 1. The molecule has 1 unspecified atom stereocenters. The monoisotopic (exact) mass is 361 g/mol. The van der Waals surface area contributed by atoms with E-state index in [-0.39, 0.29) is 17.1 Å². The molecule has 27 heavy (non-hydrogen) atoms. The normalized spacial score (nSPS) is 19.4. The average Bonchev–Trinajstić information content (AvgIpc) is 3.34. The number of benzene rings is 2. The van der Waals surface area contributed by atoms with E-state index in [4.69, 9.17) is 5.73 Å². The Morgan fingerprint density at radius 1 is 1.11 bits per heavy atom. The number of nitrogens with two attached hydrogens (primary N) is 1. The van der Waals surface area contributed by atoms with Gasteiger partial charge in [-0.05, 0) is 30.5 Å². The summed E-state index contributed by atoms with van der Waals surface area (Å²) in [7, 11) is 0. The summed E-state index contributed by atoms with van der Waals surface area (Å²) in [5.41, 5.74) is 7.64. The third-order valence-electron chi connectivity index (χ3n) is 5.17. The number of carbonyl (C=O) groups is 1. The minimum Gasteiger partial charge on any atom is -0.335 e. The number of likely N-dealkylation sites (tertiary alicyclic amines) is 1. The molecule has 6 nitrogen and oxygen atoms in total. The van der Waals surface area contributed by atoms with Gasteiger partial charge < -0.3 is 10.6 Å². The number of aromatic nitrogens is 3. The molecule has 6 heteroatoms. The number of hydrogen-bond acceptors (Lipinski definition) is 4. The number of nitrogens with zero attached hydrogens (tertiary/aromatic N) is 4. The van der Waals surface area contributed by atoms with E-state index in [0.717, 1.165) is 17.7 Å². The lowest BCUT2D eigenvalue weighted by atomic mass is 9.90. The third-order valence-corrected chi connectivity index (χ3v) is 5.17. The Morgan fingerprint density at radius 3 is 2.41 bits per heavy atom. The van der Waals surface area contributed by atoms with Crippen molar-refractivity contribution in [2.45, 2.75) is 13.3 Å². The van der Waals surface area contributed by atoms with E-state index in [2.05, 4.69) is 17.0 Å². The van der Waals surface area contributed by atoms with Gasteiger partial charge in [-0.1, -0.05) is 55.5 Å². The van der Waals surface area contributed by atoms with Gasteiger partial charge in [-0.3, -0.25) is 4.79 Å². The van der Waals surface area contributed by atoms with Crippen LogP contribution in [-0.2, 0) is 0 Å². The Labute approximate surface area is 158 Å². The van der Waals surface area contributed by atoms with E-state index < -0.39 is 0 Å². The zero-order valence-corrected chi connectivity index (χ0v) is 15.4. The summed E-state index contributed by atoms with van der Waals surface area (Å²) < 4.78 is 1.74. The van der Waals surface area contributed by atoms with Crippen LogP contribution in [0.1, 0.15) is 24.0 Å². The predicted molar refractivity (Wildman–Crippen MR) is 104 cm³/mol. The summed E-state index contributed by atoms with van der Waals surface area (Å²) >= 11 is 0. The highest BCUT2D eigenvalue weighted by Crippen LogP contribution is 2.29. The van der Waals surface area contributed by atoms with Crippen molar-refractivity contribution in [3.63, 3.8) is 0 Å². The van der Waals surface area contributed by atoms with Gasteiger partial charge in [-0.25, -0.2) is 9.67 Å². The summed E-state index contributed by atoms with van der Waals surface area (Å²) in [6, 6.07) is 19.6. The quantitative estimate of drug-likeness (QED) is 0.775. The predicted octanol–water partition coefficient (Wildman–Crippen LogP) is 2.75. The van der Waals surface area contributed by atoms with Crippen LogP contribution in [-0.4, -0.2) is 45.2 Å². The van der Waals surface area contributed by atoms with Gasteiger partial charge in [0.1, 0.15) is 0 Å². The second-order valence-corrected chi connectivity index (χ2v) is 7.36. The van der Waals surface area contributed by atoms with Gasteiger partial charge in [0.05, 0.1) is 5.69 Å². The molecule has 3 aromatic rings. The summed E-state index contributed by atoms with van der Waals surface area (Å²) in [5, 5.41) is 4.56. The highest BCUT2D eigenvalue weighted by Gasteiger charge is 2.36. The average molecular weight is 361 g/mol. The highest BCUT2D eigenvalue weighted by molar-refractivity contribution is 5.91. The molecule has 2 aromatic carbocycles. The highest BCUT2D eigenvalue weighted by atomic mass is 16.2. The number of amides is 1. The van der Waals surface area contributed by atoms with Gasteiger partial charge in [-0.2, -0.15) is 0 Å². The molecule has 1 atom stereocenters. The van der Waals surface area contributed by atoms with Gasteiger partial charge in [0, 0.05) is 18.7 Å². The summed E-state index contributed by atoms with van der Waals surface area (Å²) in [5.74, 6) is 0.740. The Kier molecular flexibility index (Phi) is 4.49. The summed E-state index contributed by atoms with van der Waals surface area (Å²) in [4.78, 5) is 19.4. The second kappa shape index (κ2) is 6.96. The first kappa shape index (κ1) is 17.4. The molecule has 0 spiro atoms. The van der Waals surface area contributed by atoms with Crippen molar-refractivity contribution >= 4 is 5.91 Å². The van der Waals surface area contributed by atoms with Crippen LogP contribution in [0.3, 0.4) is 0 Å². The summed E-state index contributed by atoms with van der Waals surface area (Å²) in [6.45, 7) is 4.01. The number of rotatable bonds is 4. The first-order valence-corrected chi connectivity index (χ1v) is 9.17. The second-order valence-electron chi connectivity index (χ2n) is 7.36. The lowest BCUT2D eigenvalue weighted by molar-refractivity contribution is 0.0765. The maximum Gasteiger partial charge on any atom is 0.293 e. The van der Waals surface area contributed by atoms with E-state index in [0.29, 0.717) is 25.5 Å². The minimum atomic E-state index is -0.140. The molecule has 1 saturated heterocycles. The molecule has 0 aliphatic carbocycles. The van der Waals surface area contributed by atoms with Crippen molar-refractivity contribution in [2.75, 3.05) is 19.6 Å². The molecule has 1 fully saturated rings.